The first-order valence-electron chi connectivity index (χ1n) is 8.54. The number of guanidine groups is 1. The van der Waals surface area contributed by atoms with Crippen molar-refractivity contribution in [2.45, 2.75) is 32.6 Å². The van der Waals surface area contributed by atoms with E-state index in [0.29, 0.717) is 5.96 Å². The minimum atomic E-state index is 0.572. The number of rotatable bonds is 7. The summed E-state index contributed by atoms with van der Waals surface area (Å²) in [6, 6.07) is 10.4. The van der Waals surface area contributed by atoms with Crippen molar-refractivity contribution in [3.8, 4) is 0 Å². The number of hydrogen-bond acceptors (Lipinski definition) is 2. The molecule has 122 valence electrons. The number of nitrogens with one attached hydrogen (secondary N) is 1. The fourth-order valence-corrected chi connectivity index (χ4v) is 3.02. The van der Waals surface area contributed by atoms with E-state index in [1.807, 2.05) is 6.07 Å². The number of piperidine rings is 1. The summed E-state index contributed by atoms with van der Waals surface area (Å²) >= 11 is 0. The van der Waals surface area contributed by atoms with E-state index in [2.05, 4.69) is 46.4 Å². The zero-order valence-electron chi connectivity index (χ0n) is 13.8. The smallest absolute Gasteiger partial charge is 0.188 e. The molecule has 4 nitrogen and oxygen atoms in total. The number of benzene rings is 1. The second-order valence-corrected chi connectivity index (χ2v) is 6.33. The van der Waals surface area contributed by atoms with E-state index in [0.717, 1.165) is 38.4 Å². The Bertz CT molecular complexity index is 444. The Morgan fingerprint density at radius 3 is 2.95 bits per heavy atom. The maximum absolute atomic E-state index is 5.90. The van der Waals surface area contributed by atoms with Crippen LogP contribution in [0.4, 0.5) is 0 Å². The summed E-state index contributed by atoms with van der Waals surface area (Å²) in [4.78, 5) is 6.97. The third kappa shape index (κ3) is 6.48. The number of nitrogens with two attached hydrogens (primary N) is 1. The van der Waals surface area contributed by atoms with E-state index < -0.39 is 0 Å². The third-order valence-corrected chi connectivity index (χ3v) is 4.22. The minimum absolute atomic E-state index is 0.572. The Labute approximate surface area is 134 Å². The topological polar surface area (TPSA) is 53.6 Å². The Morgan fingerprint density at radius 2 is 2.18 bits per heavy atom. The van der Waals surface area contributed by atoms with Gasteiger partial charge in [0.2, 0.25) is 0 Å². The summed E-state index contributed by atoms with van der Waals surface area (Å²) in [5.41, 5.74) is 7.23. The Balaban J connectivity index is 1.55. The van der Waals surface area contributed by atoms with Gasteiger partial charge in [0, 0.05) is 19.6 Å². The van der Waals surface area contributed by atoms with Crippen LogP contribution in [0, 0.1) is 5.92 Å². The van der Waals surface area contributed by atoms with Crippen molar-refractivity contribution in [3.63, 3.8) is 0 Å². The summed E-state index contributed by atoms with van der Waals surface area (Å²) in [6.45, 7) is 7.63. The van der Waals surface area contributed by atoms with Gasteiger partial charge in [-0.05, 0) is 50.3 Å². The van der Waals surface area contributed by atoms with Gasteiger partial charge in [-0.15, -0.1) is 0 Å². The molecule has 1 aliphatic rings. The maximum atomic E-state index is 5.90. The molecule has 1 heterocycles. The fourth-order valence-electron chi connectivity index (χ4n) is 3.02. The molecule has 1 aromatic carbocycles. The minimum Gasteiger partial charge on any atom is -0.370 e. The molecule has 4 heteroatoms. The van der Waals surface area contributed by atoms with E-state index in [1.54, 1.807) is 0 Å². The van der Waals surface area contributed by atoms with Gasteiger partial charge in [0.15, 0.2) is 5.96 Å². The molecule has 1 saturated heterocycles. The van der Waals surface area contributed by atoms with Crippen molar-refractivity contribution in [3.05, 3.63) is 35.9 Å². The first-order chi connectivity index (χ1) is 10.7. The summed E-state index contributed by atoms with van der Waals surface area (Å²) < 4.78 is 0. The lowest BCUT2D eigenvalue weighted by atomic mass is 10.0. The number of nitrogens with zero attached hydrogens (tertiary/aromatic N) is 2. The van der Waals surface area contributed by atoms with E-state index in [1.165, 1.54) is 31.5 Å². The third-order valence-electron chi connectivity index (χ3n) is 4.22. The normalized spacial score (nSPS) is 20.0. The summed E-state index contributed by atoms with van der Waals surface area (Å²) in [6.07, 6.45) is 4.79. The zero-order chi connectivity index (χ0) is 15.6. The molecule has 1 unspecified atom stereocenters. The van der Waals surface area contributed by atoms with Crippen molar-refractivity contribution in [2.75, 3.05) is 32.7 Å². The van der Waals surface area contributed by atoms with Crippen LogP contribution < -0.4 is 11.1 Å². The van der Waals surface area contributed by atoms with Crippen LogP contribution in [0.25, 0.3) is 0 Å². The maximum Gasteiger partial charge on any atom is 0.188 e. The van der Waals surface area contributed by atoms with Gasteiger partial charge < -0.3 is 16.0 Å². The lowest BCUT2D eigenvalue weighted by molar-refractivity contribution is 0.183. The molecule has 0 aromatic heterocycles. The first kappa shape index (κ1) is 16.8. The lowest BCUT2D eigenvalue weighted by Gasteiger charge is -2.30. The molecule has 0 radical (unpaired) electrons. The van der Waals surface area contributed by atoms with E-state index in [-0.39, 0.29) is 0 Å². The highest BCUT2D eigenvalue weighted by molar-refractivity contribution is 5.77. The van der Waals surface area contributed by atoms with Gasteiger partial charge in [0.05, 0.1) is 0 Å². The van der Waals surface area contributed by atoms with Gasteiger partial charge in [-0.1, -0.05) is 37.3 Å². The van der Waals surface area contributed by atoms with Crippen molar-refractivity contribution in [1.29, 1.82) is 0 Å². The quantitative estimate of drug-likeness (QED) is 0.461. The van der Waals surface area contributed by atoms with Crippen molar-refractivity contribution < 1.29 is 0 Å². The first-order valence-corrected chi connectivity index (χ1v) is 8.54. The monoisotopic (exact) mass is 302 g/mol. The molecule has 0 aliphatic carbocycles. The Hall–Kier alpha value is -1.55. The van der Waals surface area contributed by atoms with Crippen molar-refractivity contribution in [1.82, 2.24) is 10.2 Å². The fraction of sp³-hybridized carbons (Fsp3) is 0.611. The highest BCUT2D eigenvalue weighted by Crippen LogP contribution is 2.15. The van der Waals surface area contributed by atoms with Crippen LogP contribution in [0.3, 0.4) is 0 Å². The SMILES string of the molecule is CC1CCCN(CCCN=C(N)NCCc2ccccc2)C1. The molecule has 3 N–H and O–H groups in total. The Morgan fingerprint density at radius 1 is 1.36 bits per heavy atom. The van der Waals surface area contributed by atoms with Crippen molar-refractivity contribution in [2.24, 2.45) is 16.6 Å². The lowest BCUT2D eigenvalue weighted by Crippen LogP contribution is -2.35. The number of hydrogen-bond donors (Lipinski definition) is 2. The molecular formula is C18H30N4. The van der Waals surface area contributed by atoms with Gasteiger partial charge in [-0.25, -0.2) is 0 Å². The molecule has 1 aliphatic heterocycles. The summed E-state index contributed by atoms with van der Waals surface area (Å²) in [5.74, 6) is 1.42. The van der Waals surface area contributed by atoms with Gasteiger partial charge in [0.25, 0.3) is 0 Å². The standard InChI is InChI=1S/C18H30N4/c1-16-7-5-13-22(15-16)14-6-11-20-18(19)21-12-10-17-8-3-2-4-9-17/h2-4,8-9,16H,5-7,10-15H2,1H3,(H3,19,20,21). The van der Waals surface area contributed by atoms with Gasteiger partial charge >= 0.3 is 0 Å². The molecule has 1 fully saturated rings. The summed E-state index contributed by atoms with van der Waals surface area (Å²) in [5, 5.41) is 3.19. The molecule has 0 saturated carbocycles. The number of likely N-dealkylation sites (tertiary alicyclic amines) is 1. The number of aliphatic imine (C=N–C) groups is 1. The van der Waals surface area contributed by atoms with Crippen LogP contribution in [0.5, 0.6) is 0 Å². The van der Waals surface area contributed by atoms with Crippen LogP contribution in [-0.2, 0) is 6.42 Å². The predicted octanol–water partition coefficient (Wildman–Crippen LogP) is 2.26. The molecule has 0 bridgehead atoms. The Kier molecular flexibility index (Phi) is 7.23. The van der Waals surface area contributed by atoms with Crippen LogP contribution >= 0.6 is 0 Å². The second-order valence-electron chi connectivity index (χ2n) is 6.33. The average Bonchev–Trinajstić information content (AvgIpc) is 2.53. The van der Waals surface area contributed by atoms with Gasteiger partial charge in [-0.2, -0.15) is 0 Å². The second kappa shape index (κ2) is 9.46. The van der Waals surface area contributed by atoms with E-state index >= 15 is 0 Å². The largest absolute Gasteiger partial charge is 0.370 e. The molecule has 1 atom stereocenters. The van der Waals surface area contributed by atoms with Crippen LogP contribution in [0.2, 0.25) is 0 Å². The highest BCUT2D eigenvalue weighted by Gasteiger charge is 2.15. The molecule has 2 rings (SSSR count). The molecular weight excluding hydrogens is 272 g/mol. The zero-order valence-corrected chi connectivity index (χ0v) is 13.8. The van der Waals surface area contributed by atoms with Gasteiger partial charge in [0.1, 0.15) is 0 Å². The predicted molar refractivity (Wildman–Crippen MR) is 94.1 cm³/mol. The molecule has 0 spiro atoms. The van der Waals surface area contributed by atoms with Crippen molar-refractivity contribution >= 4 is 5.96 Å². The van der Waals surface area contributed by atoms with Gasteiger partial charge in [-0.3, -0.25) is 4.99 Å². The van der Waals surface area contributed by atoms with Crippen LogP contribution in [-0.4, -0.2) is 43.6 Å². The highest BCUT2D eigenvalue weighted by atomic mass is 15.1. The molecule has 1 aromatic rings. The van der Waals surface area contributed by atoms with E-state index in [4.69, 9.17) is 5.73 Å². The van der Waals surface area contributed by atoms with Crippen LogP contribution in [0.1, 0.15) is 31.7 Å². The van der Waals surface area contributed by atoms with Crippen LogP contribution in [0.15, 0.2) is 35.3 Å². The summed E-state index contributed by atoms with van der Waals surface area (Å²) in [7, 11) is 0. The average molecular weight is 302 g/mol. The van der Waals surface area contributed by atoms with E-state index in [9.17, 15) is 0 Å². The molecule has 0 amide bonds. The molecule has 22 heavy (non-hydrogen) atoms.